The Morgan fingerprint density at radius 2 is 1.90 bits per heavy atom. The molecule has 0 aliphatic heterocycles. The van der Waals surface area contributed by atoms with Gasteiger partial charge in [-0.25, -0.2) is 0 Å². The van der Waals surface area contributed by atoms with Gasteiger partial charge in [-0.1, -0.05) is 18.6 Å². The SMILES string of the molecule is C/C=C/CCCCCOCC[N+](CO)(CO)CC(=O)[O-]. The third-order valence-electron chi connectivity index (χ3n) is 3.17. The van der Waals surface area contributed by atoms with Gasteiger partial charge in [0.15, 0.2) is 13.5 Å². The quantitative estimate of drug-likeness (QED) is 0.208. The number of aliphatic carboxylic acids is 1. The lowest BCUT2D eigenvalue weighted by Gasteiger charge is -2.34. The summed E-state index contributed by atoms with van der Waals surface area (Å²) in [7, 11) is 0. The van der Waals surface area contributed by atoms with Crippen LogP contribution in [0.1, 0.15) is 32.6 Å². The van der Waals surface area contributed by atoms with Gasteiger partial charge in [0, 0.05) is 6.61 Å². The Morgan fingerprint density at radius 1 is 1.20 bits per heavy atom. The van der Waals surface area contributed by atoms with E-state index in [0.717, 1.165) is 25.7 Å². The van der Waals surface area contributed by atoms with Gasteiger partial charge in [0.1, 0.15) is 13.1 Å². The number of carboxylic acid groups (broad SMARTS) is 1. The molecule has 6 heteroatoms. The number of unbranched alkanes of at least 4 members (excludes halogenated alkanes) is 3. The Kier molecular flexibility index (Phi) is 11.3. The number of ether oxygens (including phenoxy) is 1. The maximum Gasteiger partial charge on any atom is 0.182 e. The molecule has 0 aromatic rings. The maximum absolute atomic E-state index is 10.6. The van der Waals surface area contributed by atoms with Crippen LogP contribution in [0.5, 0.6) is 0 Å². The Morgan fingerprint density at radius 3 is 2.45 bits per heavy atom. The molecule has 6 nitrogen and oxygen atoms in total. The van der Waals surface area contributed by atoms with Gasteiger partial charge >= 0.3 is 0 Å². The number of hydrogen-bond donors (Lipinski definition) is 2. The minimum atomic E-state index is -1.29. The lowest BCUT2D eigenvalue weighted by Crippen LogP contribution is -2.56. The van der Waals surface area contributed by atoms with Crippen molar-refractivity contribution < 1.29 is 29.3 Å². The third kappa shape index (κ3) is 9.03. The van der Waals surface area contributed by atoms with Gasteiger partial charge in [-0.05, 0) is 26.2 Å². The van der Waals surface area contributed by atoms with Crippen LogP contribution >= 0.6 is 0 Å². The summed E-state index contributed by atoms with van der Waals surface area (Å²) in [6.45, 7) is 1.86. The summed E-state index contributed by atoms with van der Waals surface area (Å²) in [6, 6.07) is 0. The number of hydrogen-bond acceptors (Lipinski definition) is 5. The molecule has 118 valence electrons. The normalized spacial score (nSPS) is 12.2. The van der Waals surface area contributed by atoms with Gasteiger partial charge in [0.2, 0.25) is 0 Å². The summed E-state index contributed by atoms with van der Waals surface area (Å²) in [5.74, 6) is -1.29. The van der Waals surface area contributed by atoms with Crippen molar-refractivity contribution in [2.45, 2.75) is 32.6 Å². The van der Waals surface area contributed by atoms with Crippen LogP contribution in [0.2, 0.25) is 0 Å². The molecule has 0 aromatic heterocycles. The first kappa shape index (κ1) is 19.1. The zero-order valence-electron chi connectivity index (χ0n) is 12.3. The first-order chi connectivity index (χ1) is 9.60. The summed E-state index contributed by atoms with van der Waals surface area (Å²) >= 11 is 0. The van der Waals surface area contributed by atoms with Crippen molar-refractivity contribution >= 4 is 5.97 Å². The summed E-state index contributed by atoms with van der Waals surface area (Å²) < 4.78 is 5.07. The van der Waals surface area contributed by atoms with Gasteiger partial charge in [-0.3, -0.25) is 4.48 Å². The largest absolute Gasteiger partial charge is 0.544 e. The highest BCUT2D eigenvalue weighted by Crippen LogP contribution is 2.04. The van der Waals surface area contributed by atoms with E-state index in [2.05, 4.69) is 6.08 Å². The number of carbonyl (C=O) groups is 1. The standard InChI is InChI=1S/C14H27NO5/c1-2-3-4-5-6-7-9-20-10-8-15(12-16,13-17)11-14(18)19/h2-3,16-17H,4-13H2,1H3/b3-2+. The molecule has 0 aliphatic rings. The van der Waals surface area contributed by atoms with E-state index in [4.69, 9.17) is 4.74 Å². The van der Waals surface area contributed by atoms with Crippen molar-refractivity contribution in [1.29, 1.82) is 0 Å². The molecular weight excluding hydrogens is 262 g/mol. The average Bonchev–Trinajstić information content (AvgIpc) is 2.44. The van der Waals surface area contributed by atoms with E-state index < -0.39 is 26.0 Å². The molecule has 2 N–H and O–H groups in total. The second-order valence-electron chi connectivity index (χ2n) is 4.91. The topological polar surface area (TPSA) is 89.8 Å². The van der Waals surface area contributed by atoms with Crippen molar-refractivity contribution in [2.24, 2.45) is 0 Å². The Labute approximate surface area is 120 Å². The van der Waals surface area contributed by atoms with Crippen LogP contribution in [0.3, 0.4) is 0 Å². The number of aliphatic hydroxyl groups excluding tert-OH is 2. The average molecular weight is 289 g/mol. The van der Waals surface area contributed by atoms with Crippen LogP contribution in [-0.2, 0) is 9.53 Å². The number of carbonyl (C=O) groups excluding carboxylic acids is 1. The second-order valence-corrected chi connectivity index (χ2v) is 4.91. The minimum absolute atomic E-state index is 0.250. The molecule has 0 spiro atoms. The zero-order valence-corrected chi connectivity index (χ0v) is 12.3. The van der Waals surface area contributed by atoms with Crippen molar-refractivity contribution in [3.05, 3.63) is 12.2 Å². The van der Waals surface area contributed by atoms with Crippen LogP contribution in [0.25, 0.3) is 0 Å². The predicted molar refractivity (Wildman–Crippen MR) is 73.3 cm³/mol. The molecule has 0 fully saturated rings. The fourth-order valence-corrected chi connectivity index (χ4v) is 1.81. The lowest BCUT2D eigenvalue weighted by molar-refractivity contribution is -0.956. The summed E-state index contributed by atoms with van der Waals surface area (Å²) in [6.07, 6.45) is 8.42. The number of quaternary nitrogens is 1. The molecule has 0 aliphatic carbocycles. The molecule has 0 unspecified atom stereocenters. The first-order valence-corrected chi connectivity index (χ1v) is 7.06. The fraction of sp³-hybridized carbons (Fsp3) is 0.786. The Hall–Kier alpha value is -0.950. The highest BCUT2D eigenvalue weighted by molar-refractivity contribution is 5.65. The van der Waals surface area contributed by atoms with Gasteiger partial charge in [-0.15, -0.1) is 0 Å². The molecular formula is C14H27NO5. The summed E-state index contributed by atoms with van der Waals surface area (Å²) in [5, 5.41) is 29.0. The van der Waals surface area contributed by atoms with E-state index in [1.54, 1.807) is 0 Å². The second kappa shape index (κ2) is 11.8. The molecule has 0 saturated heterocycles. The highest BCUT2D eigenvalue weighted by Gasteiger charge is 2.25. The van der Waals surface area contributed by atoms with E-state index in [1.807, 2.05) is 13.0 Å². The highest BCUT2D eigenvalue weighted by atomic mass is 16.5. The van der Waals surface area contributed by atoms with E-state index in [1.165, 1.54) is 0 Å². The monoisotopic (exact) mass is 289 g/mol. The Balaban J connectivity index is 3.71. The number of nitrogens with zero attached hydrogens (tertiary/aromatic N) is 1. The molecule has 0 amide bonds. The van der Waals surface area contributed by atoms with E-state index in [9.17, 15) is 20.1 Å². The summed E-state index contributed by atoms with van der Waals surface area (Å²) in [5.41, 5.74) is 0. The molecule has 0 saturated carbocycles. The molecule has 0 rings (SSSR count). The van der Waals surface area contributed by atoms with E-state index in [-0.39, 0.29) is 11.0 Å². The van der Waals surface area contributed by atoms with Crippen LogP contribution in [0.15, 0.2) is 12.2 Å². The maximum atomic E-state index is 10.6. The van der Waals surface area contributed by atoms with Crippen LogP contribution in [-0.4, -0.2) is 60.4 Å². The van der Waals surface area contributed by atoms with Gasteiger partial charge in [-0.2, -0.15) is 0 Å². The van der Waals surface area contributed by atoms with Gasteiger partial charge in [0.25, 0.3) is 0 Å². The molecule has 20 heavy (non-hydrogen) atoms. The number of allylic oxidation sites excluding steroid dienone is 2. The Bertz CT molecular complexity index is 277. The van der Waals surface area contributed by atoms with Gasteiger partial charge < -0.3 is 24.9 Å². The molecule has 0 atom stereocenters. The van der Waals surface area contributed by atoms with Crippen molar-refractivity contribution in [3.8, 4) is 0 Å². The minimum Gasteiger partial charge on any atom is -0.544 e. The van der Waals surface area contributed by atoms with Crippen LogP contribution < -0.4 is 5.11 Å². The van der Waals surface area contributed by atoms with Gasteiger partial charge in [0.05, 0.1) is 12.6 Å². The smallest absolute Gasteiger partial charge is 0.182 e. The van der Waals surface area contributed by atoms with E-state index >= 15 is 0 Å². The molecule has 0 bridgehead atoms. The van der Waals surface area contributed by atoms with Crippen molar-refractivity contribution in [2.75, 3.05) is 39.8 Å². The van der Waals surface area contributed by atoms with Crippen LogP contribution in [0.4, 0.5) is 0 Å². The number of rotatable bonds is 13. The third-order valence-corrected chi connectivity index (χ3v) is 3.17. The van der Waals surface area contributed by atoms with E-state index in [0.29, 0.717) is 13.2 Å². The number of carboxylic acids is 1. The lowest BCUT2D eigenvalue weighted by atomic mass is 10.2. The molecule has 0 heterocycles. The fourth-order valence-electron chi connectivity index (χ4n) is 1.81. The van der Waals surface area contributed by atoms with Crippen molar-refractivity contribution in [1.82, 2.24) is 0 Å². The molecule has 0 aromatic carbocycles. The zero-order chi connectivity index (χ0) is 15.3. The predicted octanol–water partition coefficient (Wildman–Crippen LogP) is -0.394. The van der Waals surface area contributed by atoms with Crippen molar-refractivity contribution in [3.63, 3.8) is 0 Å². The van der Waals surface area contributed by atoms with Crippen LogP contribution in [0, 0.1) is 0 Å². The summed E-state index contributed by atoms with van der Waals surface area (Å²) in [4.78, 5) is 10.6. The molecule has 0 radical (unpaired) electrons. The first-order valence-electron chi connectivity index (χ1n) is 7.06. The number of aliphatic hydroxyl groups is 2.